The summed E-state index contributed by atoms with van der Waals surface area (Å²) in [6.45, 7) is 4.56. The fourth-order valence-electron chi connectivity index (χ4n) is 4.88. The number of benzene rings is 3. The number of likely N-dealkylation sites (N-methyl/N-ethyl adjacent to an activating group) is 1. The number of ether oxygens (including phenoxy) is 1. The van der Waals surface area contributed by atoms with Crippen molar-refractivity contribution in [1.29, 1.82) is 0 Å². The molecule has 1 unspecified atom stereocenters. The predicted octanol–water partition coefficient (Wildman–Crippen LogP) is 5.27. The van der Waals surface area contributed by atoms with Gasteiger partial charge in [0, 0.05) is 24.6 Å². The Morgan fingerprint density at radius 1 is 1.06 bits per heavy atom. The van der Waals surface area contributed by atoms with E-state index in [1.165, 1.54) is 12.1 Å². The molecule has 0 saturated carbocycles. The number of halogens is 4. The summed E-state index contributed by atoms with van der Waals surface area (Å²) < 4.78 is 60.0. The van der Waals surface area contributed by atoms with E-state index in [2.05, 4.69) is 20.2 Å². The zero-order chi connectivity index (χ0) is 37.5. The Labute approximate surface area is 288 Å². The summed E-state index contributed by atoms with van der Waals surface area (Å²) in [5.41, 5.74) is 2.10. The molecule has 0 aliphatic carbocycles. The second-order valence-corrected chi connectivity index (χ2v) is 11.4. The number of para-hydroxylation sites is 1. The molecule has 0 amide bonds. The molecule has 5 rings (SSSR count). The summed E-state index contributed by atoms with van der Waals surface area (Å²) in [5.74, 6) is -4.06. The summed E-state index contributed by atoms with van der Waals surface area (Å²) in [5, 5.41) is 25.3. The van der Waals surface area contributed by atoms with E-state index in [-0.39, 0.29) is 35.9 Å². The Morgan fingerprint density at radius 3 is 2.29 bits per heavy atom. The van der Waals surface area contributed by atoms with E-state index in [0.717, 1.165) is 21.4 Å². The van der Waals surface area contributed by atoms with Gasteiger partial charge < -0.3 is 24.4 Å². The van der Waals surface area contributed by atoms with Crippen molar-refractivity contribution in [2.24, 2.45) is 0 Å². The van der Waals surface area contributed by atoms with Crippen LogP contribution in [0, 0.1) is 12.7 Å². The first kappa shape index (κ1) is 38.0. The molecule has 0 saturated heterocycles. The van der Waals surface area contributed by atoms with Gasteiger partial charge in [0.05, 0.1) is 17.2 Å². The van der Waals surface area contributed by atoms with Crippen molar-refractivity contribution in [2.45, 2.75) is 38.8 Å². The molecule has 0 aliphatic heterocycles. The lowest BCUT2D eigenvalue weighted by Crippen LogP contribution is -2.21. The Kier molecular flexibility index (Phi) is 12.1. The van der Waals surface area contributed by atoms with Crippen LogP contribution in [-0.4, -0.2) is 85.4 Å². The number of aromatic amines is 1. The summed E-state index contributed by atoms with van der Waals surface area (Å²) in [6, 6.07) is 17.0. The van der Waals surface area contributed by atoms with E-state index in [4.69, 9.17) is 19.2 Å². The van der Waals surface area contributed by atoms with Crippen LogP contribution in [0.1, 0.15) is 51.6 Å². The van der Waals surface area contributed by atoms with Crippen LogP contribution < -0.4 is 10.4 Å². The summed E-state index contributed by atoms with van der Waals surface area (Å²) >= 11 is 0. The number of alkyl halides is 3. The number of nitrogens with one attached hydrogen (secondary N) is 1. The molecule has 3 aromatic carbocycles. The number of carboxylic acids is 2. The highest BCUT2D eigenvalue weighted by Gasteiger charge is 2.38. The van der Waals surface area contributed by atoms with E-state index in [1.54, 1.807) is 31.2 Å². The summed E-state index contributed by atoms with van der Waals surface area (Å²) in [6.07, 6.45) is -4.19. The third kappa shape index (κ3) is 9.66. The van der Waals surface area contributed by atoms with E-state index >= 15 is 4.39 Å². The van der Waals surface area contributed by atoms with Crippen molar-refractivity contribution in [3.05, 3.63) is 111 Å². The molecule has 1 atom stereocenters. The van der Waals surface area contributed by atoms with Crippen molar-refractivity contribution in [3.8, 4) is 22.8 Å². The average Bonchev–Trinajstić information content (AvgIpc) is 3.69. The van der Waals surface area contributed by atoms with E-state index < -0.39 is 35.5 Å². The minimum atomic E-state index is -5.08. The summed E-state index contributed by atoms with van der Waals surface area (Å²) in [4.78, 5) is 42.9. The van der Waals surface area contributed by atoms with Gasteiger partial charge in [-0.1, -0.05) is 54.5 Å². The van der Waals surface area contributed by atoms with Crippen LogP contribution in [0.15, 0.2) is 70.0 Å². The second-order valence-electron chi connectivity index (χ2n) is 11.4. The van der Waals surface area contributed by atoms with Crippen LogP contribution in [0.2, 0.25) is 0 Å². The van der Waals surface area contributed by atoms with Crippen LogP contribution in [0.5, 0.6) is 5.75 Å². The average molecular weight is 715 g/mol. The SMILES string of the molecule is CCc1cc(OCCN(C)C)c(F)c(C(Cc2ccc(-c3noc(C)n3)cc2)c2nn(-c3ccccc3C(=O)O)c(=O)[nH]2)c1.O=C(O)C(F)(F)F. The molecule has 270 valence electrons. The van der Waals surface area contributed by atoms with Crippen molar-refractivity contribution < 1.29 is 46.6 Å². The third-order valence-electron chi connectivity index (χ3n) is 7.46. The maximum atomic E-state index is 16.3. The number of nitrogens with zero attached hydrogens (tertiary/aromatic N) is 5. The van der Waals surface area contributed by atoms with E-state index in [1.807, 2.05) is 50.2 Å². The molecule has 51 heavy (non-hydrogen) atoms. The molecule has 5 aromatic rings. The zero-order valence-electron chi connectivity index (χ0n) is 27.9. The number of aromatic carboxylic acids is 1. The fourth-order valence-corrected chi connectivity index (χ4v) is 4.88. The number of hydrogen-bond acceptors (Lipinski definition) is 9. The Hall–Kier alpha value is -5.84. The van der Waals surface area contributed by atoms with Gasteiger partial charge in [0.1, 0.15) is 12.4 Å². The minimum Gasteiger partial charge on any atom is -0.489 e. The molecule has 2 aromatic heterocycles. The van der Waals surface area contributed by atoms with Crippen LogP contribution in [-0.2, 0) is 17.6 Å². The molecule has 3 N–H and O–H groups in total. The van der Waals surface area contributed by atoms with Gasteiger partial charge in [-0.25, -0.2) is 18.8 Å². The number of aliphatic carboxylic acids is 1. The Bertz CT molecular complexity index is 2040. The number of aryl methyl sites for hydroxylation is 2. The molecule has 0 spiro atoms. The minimum absolute atomic E-state index is 0.0905. The third-order valence-corrected chi connectivity index (χ3v) is 7.46. The van der Waals surface area contributed by atoms with E-state index in [0.29, 0.717) is 30.2 Å². The molecule has 17 heteroatoms. The quantitative estimate of drug-likeness (QED) is 0.144. The fraction of sp³-hybridized carbons (Fsp3) is 0.294. The number of hydrogen-bond donors (Lipinski definition) is 3. The van der Waals surface area contributed by atoms with Gasteiger partial charge in [-0.2, -0.15) is 22.8 Å². The van der Waals surface area contributed by atoms with Crippen LogP contribution in [0.4, 0.5) is 17.6 Å². The molecular formula is C34H34F4N6O7. The summed E-state index contributed by atoms with van der Waals surface area (Å²) in [7, 11) is 3.81. The van der Waals surface area contributed by atoms with Gasteiger partial charge >= 0.3 is 23.8 Å². The van der Waals surface area contributed by atoms with Gasteiger partial charge in [0.25, 0.3) is 0 Å². The highest BCUT2D eigenvalue weighted by atomic mass is 19.4. The number of carboxylic acid groups (broad SMARTS) is 2. The molecule has 0 aliphatic rings. The van der Waals surface area contributed by atoms with Crippen molar-refractivity contribution in [3.63, 3.8) is 0 Å². The first-order valence-corrected chi connectivity index (χ1v) is 15.4. The highest BCUT2D eigenvalue weighted by Crippen LogP contribution is 2.34. The van der Waals surface area contributed by atoms with Gasteiger partial charge in [-0.3, -0.25) is 4.98 Å². The van der Waals surface area contributed by atoms with Gasteiger partial charge in [0.15, 0.2) is 11.6 Å². The molecule has 0 bridgehead atoms. The number of aromatic nitrogens is 5. The number of rotatable bonds is 12. The lowest BCUT2D eigenvalue weighted by molar-refractivity contribution is -0.192. The molecular weight excluding hydrogens is 680 g/mol. The molecule has 13 nitrogen and oxygen atoms in total. The van der Waals surface area contributed by atoms with Gasteiger partial charge in [-0.05, 0) is 56.3 Å². The molecule has 0 radical (unpaired) electrons. The maximum absolute atomic E-state index is 16.3. The zero-order valence-corrected chi connectivity index (χ0v) is 27.9. The van der Waals surface area contributed by atoms with Crippen LogP contribution >= 0.6 is 0 Å². The lowest BCUT2D eigenvalue weighted by atomic mass is 9.89. The van der Waals surface area contributed by atoms with Gasteiger partial charge in [0.2, 0.25) is 11.7 Å². The molecule has 0 fully saturated rings. The molecule has 2 heterocycles. The maximum Gasteiger partial charge on any atom is 0.490 e. The normalized spacial score (nSPS) is 11.9. The van der Waals surface area contributed by atoms with Crippen LogP contribution in [0.3, 0.4) is 0 Å². The standard InChI is InChI=1S/C32H33FN6O5.C2HF3O2/c1-5-20-16-24(28(33)27(18-20)43-15-14-38(3)4)25(17-21-10-12-22(13-11-21)29-34-19(2)44-37-29)30-35-32(42)39(36-30)26-9-7-6-8-23(26)31(40)41;3-2(4,5)1(6)7/h6-13,16,18,25H,5,14-15,17H2,1-4H3,(H,40,41)(H,35,36,42);(H,6,7). The Morgan fingerprint density at radius 2 is 1.73 bits per heavy atom. The second kappa shape index (κ2) is 16.2. The Balaban J connectivity index is 0.000000755. The van der Waals surface area contributed by atoms with Crippen molar-refractivity contribution >= 4 is 11.9 Å². The first-order chi connectivity index (χ1) is 24.1. The first-order valence-electron chi connectivity index (χ1n) is 15.4. The smallest absolute Gasteiger partial charge is 0.489 e. The number of H-pyrrole nitrogens is 1. The van der Waals surface area contributed by atoms with Gasteiger partial charge in [-0.15, -0.1) is 5.10 Å². The van der Waals surface area contributed by atoms with Crippen molar-refractivity contribution in [2.75, 3.05) is 27.2 Å². The van der Waals surface area contributed by atoms with Crippen LogP contribution in [0.25, 0.3) is 17.1 Å². The monoisotopic (exact) mass is 714 g/mol. The number of carbonyl (C=O) groups is 2. The topological polar surface area (TPSA) is 177 Å². The lowest BCUT2D eigenvalue weighted by Gasteiger charge is -2.20. The largest absolute Gasteiger partial charge is 0.490 e. The van der Waals surface area contributed by atoms with Crippen molar-refractivity contribution in [1.82, 2.24) is 29.8 Å². The predicted molar refractivity (Wildman–Crippen MR) is 175 cm³/mol. The highest BCUT2D eigenvalue weighted by molar-refractivity contribution is 5.91. The van der Waals surface area contributed by atoms with E-state index in [9.17, 15) is 27.9 Å².